The molecule has 0 spiro atoms. The van der Waals surface area contributed by atoms with Crippen LogP contribution in [0.25, 0.3) is 0 Å². The van der Waals surface area contributed by atoms with E-state index in [1.165, 1.54) is 0 Å². The van der Waals surface area contributed by atoms with Crippen molar-refractivity contribution in [2.45, 2.75) is 12.8 Å². The summed E-state index contributed by atoms with van der Waals surface area (Å²) in [5.41, 5.74) is 0. The Morgan fingerprint density at radius 1 is 1.33 bits per heavy atom. The molecule has 98 valence electrons. The molecular formula is C13H16BrNO3. The number of amides is 1. The zero-order valence-corrected chi connectivity index (χ0v) is 11.9. The van der Waals surface area contributed by atoms with Crippen molar-refractivity contribution < 1.29 is 14.3 Å². The van der Waals surface area contributed by atoms with E-state index in [0.29, 0.717) is 11.5 Å². The van der Waals surface area contributed by atoms with Crippen LogP contribution in [0.1, 0.15) is 12.8 Å². The second-order valence-electron chi connectivity index (χ2n) is 4.15. The highest BCUT2D eigenvalue weighted by atomic mass is 79.9. The summed E-state index contributed by atoms with van der Waals surface area (Å²) in [6.45, 7) is 1.77. The zero-order valence-electron chi connectivity index (χ0n) is 10.3. The molecule has 1 heterocycles. The number of methoxy groups -OCH3 is 1. The first-order chi connectivity index (χ1) is 8.72. The number of benzene rings is 1. The molecule has 0 atom stereocenters. The average Bonchev–Trinajstić information content (AvgIpc) is 2.91. The lowest BCUT2D eigenvalue weighted by Crippen LogP contribution is -2.32. The highest BCUT2D eigenvalue weighted by Gasteiger charge is 2.18. The molecule has 0 unspecified atom stereocenters. The van der Waals surface area contributed by atoms with Crippen LogP contribution < -0.4 is 9.47 Å². The molecule has 1 aromatic carbocycles. The van der Waals surface area contributed by atoms with E-state index < -0.39 is 0 Å². The van der Waals surface area contributed by atoms with E-state index in [9.17, 15) is 4.79 Å². The topological polar surface area (TPSA) is 38.8 Å². The predicted molar refractivity (Wildman–Crippen MR) is 72.0 cm³/mol. The normalized spacial score (nSPS) is 14.7. The summed E-state index contributed by atoms with van der Waals surface area (Å²) in [4.78, 5) is 13.7. The summed E-state index contributed by atoms with van der Waals surface area (Å²) in [5, 5.41) is 0. The van der Waals surface area contributed by atoms with Crippen LogP contribution in [-0.4, -0.2) is 37.6 Å². The first kappa shape index (κ1) is 13.2. The van der Waals surface area contributed by atoms with Crippen molar-refractivity contribution in [3.05, 3.63) is 22.7 Å². The molecule has 0 N–H and O–H groups in total. The lowest BCUT2D eigenvalue weighted by Gasteiger charge is -2.16. The van der Waals surface area contributed by atoms with E-state index in [2.05, 4.69) is 15.9 Å². The van der Waals surface area contributed by atoms with Crippen molar-refractivity contribution >= 4 is 21.8 Å². The van der Waals surface area contributed by atoms with Crippen LogP contribution in [0.5, 0.6) is 11.5 Å². The molecular weight excluding hydrogens is 298 g/mol. The highest BCUT2D eigenvalue weighted by Crippen LogP contribution is 2.33. The van der Waals surface area contributed by atoms with Gasteiger partial charge in [0.25, 0.3) is 5.91 Å². The van der Waals surface area contributed by atoms with Crippen LogP contribution >= 0.6 is 15.9 Å². The van der Waals surface area contributed by atoms with Gasteiger partial charge in [-0.05, 0) is 40.9 Å². The molecule has 1 aliphatic rings. The molecule has 0 aromatic heterocycles. The number of ether oxygens (including phenoxy) is 2. The Labute approximate surface area is 115 Å². The molecule has 1 saturated heterocycles. The van der Waals surface area contributed by atoms with E-state index >= 15 is 0 Å². The molecule has 0 radical (unpaired) electrons. The minimum absolute atomic E-state index is 0.0437. The van der Waals surface area contributed by atoms with Crippen molar-refractivity contribution in [1.82, 2.24) is 4.90 Å². The smallest absolute Gasteiger partial charge is 0.260 e. The van der Waals surface area contributed by atoms with Crippen LogP contribution in [0.15, 0.2) is 22.7 Å². The number of rotatable bonds is 4. The second-order valence-corrected chi connectivity index (χ2v) is 4.94. The highest BCUT2D eigenvalue weighted by molar-refractivity contribution is 9.10. The fourth-order valence-corrected chi connectivity index (χ4v) is 2.50. The number of halogens is 1. The monoisotopic (exact) mass is 313 g/mol. The van der Waals surface area contributed by atoms with Crippen molar-refractivity contribution in [2.75, 3.05) is 26.8 Å². The summed E-state index contributed by atoms with van der Waals surface area (Å²) in [6, 6.07) is 5.47. The third-order valence-corrected chi connectivity index (χ3v) is 3.74. The van der Waals surface area contributed by atoms with E-state index in [1.807, 2.05) is 23.1 Å². The summed E-state index contributed by atoms with van der Waals surface area (Å²) in [6.07, 6.45) is 2.18. The number of hydrogen-bond donors (Lipinski definition) is 0. The van der Waals surface area contributed by atoms with Crippen LogP contribution in [0.3, 0.4) is 0 Å². The SMILES string of the molecule is COc1cccc(OCC(=O)N2CCCC2)c1Br. The molecule has 1 aromatic rings. The molecule has 0 aliphatic carbocycles. The van der Waals surface area contributed by atoms with Crippen molar-refractivity contribution in [1.29, 1.82) is 0 Å². The van der Waals surface area contributed by atoms with Gasteiger partial charge in [-0.2, -0.15) is 0 Å². The average molecular weight is 314 g/mol. The van der Waals surface area contributed by atoms with Gasteiger partial charge in [0.05, 0.1) is 7.11 Å². The fourth-order valence-electron chi connectivity index (χ4n) is 1.96. The maximum absolute atomic E-state index is 11.8. The summed E-state index contributed by atoms with van der Waals surface area (Å²) in [5.74, 6) is 1.37. The van der Waals surface area contributed by atoms with Gasteiger partial charge in [0, 0.05) is 13.1 Å². The Kier molecular flexibility index (Phi) is 4.47. The zero-order chi connectivity index (χ0) is 13.0. The minimum Gasteiger partial charge on any atom is -0.495 e. The summed E-state index contributed by atoms with van der Waals surface area (Å²) >= 11 is 3.40. The van der Waals surface area contributed by atoms with Crippen LogP contribution in [0.4, 0.5) is 0 Å². The Morgan fingerprint density at radius 3 is 2.67 bits per heavy atom. The van der Waals surface area contributed by atoms with Gasteiger partial charge in [-0.25, -0.2) is 0 Å². The first-order valence-electron chi connectivity index (χ1n) is 5.95. The van der Waals surface area contributed by atoms with Gasteiger partial charge in [-0.15, -0.1) is 0 Å². The van der Waals surface area contributed by atoms with E-state index in [1.54, 1.807) is 7.11 Å². The Bertz CT molecular complexity index is 430. The number of likely N-dealkylation sites (tertiary alicyclic amines) is 1. The Hall–Kier alpha value is -1.23. The van der Waals surface area contributed by atoms with Crippen molar-refractivity contribution in [3.8, 4) is 11.5 Å². The van der Waals surface area contributed by atoms with Gasteiger partial charge in [0.15, 0.2) is 6.61 Å². The van der Waals surface area contributed by atoms with Crippen LogP contribution in [0, 0.1) is 0 Å². The fraction of sp³-hybridized carbons (Fsp3) is 0.462. The quantitative estimate of drug-likeness (QED) is 0.857. The number of hydrogen-bond acceptors (Lipinski definition) is 3. The molecule has 0 bridgehead atoms. The number of nitrogens with zero attached hydrogens (tertiary/aromatic N) is 1. The predicted octanol–water partition coefficient (Wildman–Crippen LogP) is 2.46. The van der Waals surface area contributed by atoms with Gasteiger partial charge >= 0.3 is 0 Å². The minimum atomic E-state index is 0.0437. The Balaban J connectivity index is 1.95. The van der Waals surface area contributed by atoms with Gasteiger partial charge in [0.2, 0.25) is 0 Å². The third-order valence-electron chi connectivity index (χ3n) is 2.96. The van der Waals surface area contributed by atoms with Crippen molar-refractivity contribution in [2.24, 2.45) is 0 Å². The maximum atomic E-state index is 11.8. The van der Waals surface area contributed by atoms with Crippen LogP contribution in [0.2, 0.25) is 0 Å². The largest absolute Gasteiger partial charge is 0.495 e. The molecule has 18 heavy (non-hydrogen) atoms. The van der Waals surface area contributed by atoms with Gasteiger partial charge in [-0.3, -0.25) is 4.79 Å². The summed E-state index contributed by atoms with van der Waals surface area (Å²) < 4.78 is 11.4. The maximum Gasteiger partial charge on any atom is 0.260 e. The van der Waals surface area contributed by atoms with Gasteiger partial charge in [0.1, 0.15) is 16.0 Å². The molecule has 1 fully saturated rings. The standard InChI is InChI=1S/C13H16BrNO3/c1-17-10-5-4-6-11(13(10)14)18-9-12(16)15-7-2-3-8-15/h4-6H,2-3,7-9H2,1H3. The lowest BCUT2D eigenvalue weighted by atomic mass is 10.3. The van der Waals surface area contributed by atoms with Gasteiger partial charge < -0.3 is 14.4 Å². The number of carbonyl (C=O) groups is 1. The molecule has 2 rings (SSSR count). The first-order valence-corrected chi connectivity index (χ1v) is 6.74. The van der Waals surface area contributed by atoms with E-state index in [4.69, 9.17) is 9.47 Å². The van der Waals surface area contributed by atoms with E-state index in [0.717, 1.165) is 30.4 Å². The van der Waals surface area contributed by atoms with E-state index in [-0.39, 0.29) is 12.5 Å². The second kappa shape index (κ2) is 6.09. The molecule has 1 aliphatic heterocycles. The third kappa shape index (κ3) is 2.96. The Morgan fingerprint density at radius 2 is 2.00 bits per heavy atom. The lowest BCUT2D eigenvalue weighted by molar-refractivity contribution is -0.132. The molecule has 0 saturated carbocycles. The molecule has 4 nitrogen and oxygen atoms in total. The van der Waals surface area contributed by atoms with Gasteiger partial charge in [-0.1, -0.05) is 6.07 Å². The van der Waals surface area contributed by atoms with Crippen LogP contribution in [-0.2, 0) is 4.79 Å². The van der Waals surface area contributed by atoms with Crippen molar-refractivity contribution in [3.63, 3.8) is 0 Å². The molecule has 5 heteroatoms. The summed E-state index contributed by atoms with van der Waals surface area (Å²) in [7, 11) is 1.60. The number of carbonyl (C=O) groups excluding carboxylic acids is 1. The molecule has 1 amide bonds.